The number of amides is 3. The highest BCUT2D eigenvalue weighted by Gasteiger charge is 2.31. The van der Waals surface area contributed by atoms with Crippen molar-refractivity contribution in [1.29, 1.82) is 0 Å². The Bertz CT molecular complexity index is 1200. The highest BCUT2D eigenvalue weighted by Crippen LogP contribution is 2.29. The highest BCUT2D eigenvalue weighted by atomic mass is 16.4. The first-order valence-corrected chi connectivity index (χ1v) is 12.1. The summed E-state index contributed by atoms with van der Waals surface area (Å²) in [6, 6.07) is 16.4. The molecule has 0 bridgehead atoms. The number of carbonyl (C=O) groups is 3. The Morgan fingerprint density at radius 1 is 1.08 bits per heavy atom. The number of hydrogen-bond acceptors (Lipinski definition) is 4. The number of aromatic nitrogens is 2. The maximum atomic E-state index is 13.2. The summed E-state index contributed by atoms with van der Waals surface area (Å²) < 4.78 is 0. The van der Waals surface area contributed by atoms with Crippen LogP contribution in [0.25, 0.3) is 11.3 Å². The van der Waals surface area contributed by atoms with Crippen LogP contribution in [0.3, 0.4) is 0 Å². The van der Waals surface area contributed by atoms with Crippen LogP contribution in [0, 0.1) is 5.92 Å². The molecule has 188 valence electrons. The average molecular weight is 490 g/mol. The Hall–Kier alpha value is -4.14. The van der Waals surface area contributed by atoms with Crippen LogP contribution in [0.4, 0.5) is 4.79 Å². The monoisotopic (exact) mass is 489 g/mol. The number of carboxylic acid groups (broad SMARTS) is 1. The van der Waals surface area contributed by atoms with Crippen LogP contribution >= 0.6 is 0 Å². The molecule has 0 saturated heterocycles. The van der Waals surface area contributed by atoms with Crippen molar-refractivity contribution < 1.29 is 19.5 Å². The zero-order valence-electron chi connectivity index (χ0n) is 20.2. The van der Waals surface area contributed by atoms with E-state index in [9.17, 15) is 19.5 Å². The van der Waals surface area contributed by atoms with E-state index in [0.717, 1.165) is 11.1 Å². The van der Waals surface area contributed by atoms with Crippen molar-refractivity contribution in [3.05, 3.63) is 77.7 Å². The number of benzene rings is 2. The Labute approximate surface area is 209 Å². The number of hydrogen-bond donors (Lipinski definition) is 4. The molecule has 1 atom stereocenters. The van der Waals surface area contributed by atoms with Gasteiger partial charge in [0.1, 0.15) is 5.82 Å². The largest absolute Gasteiger partial charge is 0.465 e. The third kappa shape index (κ3) is 5.91. The second-order valence-corrected chi connectivity index (χ2v) is 9.26. The van der Waals surface area contributed by atoms with Gasteiger partial charge in [0.25, 0.3) is 0 Å². The van der Waals surface area contributed by atoms with Crippen LogP contribution in [-0.4, -0.2) is 51.0 Å². The number of imidazole rings is 1. The number of carbonyl (C=O) groups excluding carboxylic acids is 2. The maximum Gasteiger partial charge on any atom is 0.407 e. The summed E-state index contributed by atoms with van der Waals surface area (Å²) in [5.41, 5.74) is 8.35. The van der Waals surface area contributed by atoms with Crippen molar-refractivity contribution in [3.63, 3.8) is 0 Å². The lowest BCUT2D eigenvalue weighted by Gasteiger charge is -2.33. The Balaban J connectivity index is 1.49. The zero-order valence-corrected chi connectivity index (χ0v) is 20.2. The van der Waals surface area contributed by atoms with Gasteiger partial charge in [-0.3, -0.25) is 9.59 Å². The minimum atomic E-state index is -0.941. The van der Waals surface area contributed by atoms with Crippen molar-refractivity contribution in [2.45, 2.75) is 44.2 Å². The van der Waals surface area contributed by atoms with Gasteiger partial charge in [-0.25, -0.2) is 9.78 Å². The van der Waals surface area contributed by atoms with Crippen LogP contribution in [0.2, 0.25) is 0 Å². The first-order valence-electron chi connectivity index (χ1n) is 12.1. The van der Waals surface area contributed by atoms with E-state index in [1.54, 1.807) is 37.5 Å². The Morgan fingerprint density at radius 2 is 1.75 bits per heavy atom. The molecule has 3 aromatic rings. The van der Waals surface area contributed by atoms with E-state index >= 15 is 0 Å². The maximum absolute atomic E-state index is 13.2. The number of aromatic amines is 1. The zero-order chi connectivity index (χ0) is 25.7. The lowest BCUT2D eigenvalue weighted by atomic mass is 9.84. The SMILES string of the molecule is CN(C(=O)O)[C@H]1CC[C@H](C(=O)N[C@@H](Cc2ccccc2)c2nc(-c3ccc(C(N)=O)cc3)c[nH]2)CC1. The first kappa shape index (κ1) is 25.0. The van der Waals surface area contributed by atoms with E-state index < -0.39 is 12.0 Å². The molecule has 5 N–H and O–H groups in total. The fourth-order valence-electron chi connectivity index (χ4n) is 4.71. The number of nitrogens with one attached hydrogen (secondary N) is 2. The summed E-state index contributed by atoms with van der Waals surface area (Å²) in [7, 11) is 1.58. The summed E-state index contributed by atoms with van der Waals surface area (Å²) in [5, 5.41) is 12.4. The number of nitrogens with two attached hydrogens (primary N) is 1. The molecule has 0 unspecified atom stereocenters. The highest BCUT2D eigenvalue weighted by molar-refractivity contribution is 5.93. The molecule has 2 aromatic carbocycles. The van der Waals surface area contributed by atoms with Gasteiger partial charge in [-0.1, -0.05) is 42.5 Å². The van der Waals surface area contributed by atoms with Gasteiger partial charge in [0.2, 0.25) is 11.8 Å². The van der Waals surface area contributed by atoms with Crippen LogP contribution in [0.15, 0.2) is 60.8 Å². The number of nitrogens with zero attached hydrogens (tertiary/aromatic N) is 2. The van der Waals surface area contributed by atoms with Gasteiger partial charge in [-0.05, 0) is 49.8 Å². The third-order valence-electron chi connectivity index (χ3n) is 6.91. The fraction of sp³-hybridized carbons (Fsp3) is 0.333. The standard InChI is InChI=1S/C27H31N5O4/c1-32(27(35)36)21-13-11-20(12-14-21)26(34)31-22(15-17-5-3-2-4-6-17)25-29-16-23(30-25)18-7-9-19(10-8-18)24(28)33/h2-10,16,20-22H,11-15H2,1H3,(H2,28,33)(H,29,30)(H,31,34)(H,35,36)/t20-,21-,22-/m0/s1. The molecule has 1 aromatic heterocycles. The average Bonchev–Trinajstić information content (AvgIpc) is 3.39. The molecular weight excluding hydrogens is 458 g/mol. The number of H-pyrrole nitrogens is 1. The number of primary amides is 1. The molecule has 3 amide bonds. The predicted molar refractivity (Wildman–Crippen MR) is 135 cm³/mol. The molecule has 1 saturated carbocycles. The van der Waals surface area contributed by atoms with E-state index in [1.165, 1.54) is 4.90 Å². The third-order valence-corrected chi connectivity index (χ3v) is 6.91. The van der Waals surface area contributed by atoms with E-state index in [1.807, 2.05) is 30.3 Å². The van der Waals surface area contributed by atoms with E-state index in [4.69, 9.17) is 10.7 Å². The van der Waals surface area contributed by atoms with Crippen molar-refractivity contribution in [2.75, 3.05) is 7.05 Å². The summed E-state index contributed by atoms with van der Waals surface area (Å²) in [6.45, 7) is 0. The van der Waals surface area contributed by atoms with Crippen molar-refractivity contribution in [2.24, 2.45) is 11.7 Å². The second-order valence-electron chi connectivity index (χ2n) is 9.26. The quantitative estimate of drug-likeness (QED) is 0.381. The molecule has 1 fully saturated rings. The second kappa shape index (κ2) is 11.1. The minimum absolute atomic E-state index is 0.0453. The van der Waals surface area contributed by atoms with Gasteiger partial charge in [-0.2, -0.15) is 0 Å². The van der Waals surface area contributed by atoms with Gasteiger partial charge < -0.3 is 26.0 Å². The van der Waals surface area contributed by atoms with Gasteiger partial charge in [0, 0.05) is 36.3 Å². The molecule has 1 heterocycles. The van der Waals surface area contributed by atoms with Crippen molar-refractivity contribution in [1.82, 2.24) is 20.2 Å². The molecule has 9 heteroatoms. The smallest absolute Gasteiger partial charge is 0.407 e. The van der Waals surface area contributed by atoms with Gasteiger partial charge in [0.15, 0.2) is 0 Å². The predicted octanol–water partition coefficient (Wildman–Crippen LogP) is 3.74. The summed E-state index contributed by atoms with van der Waals surface area (Å²) in [4.78, 5) is 45.2. The van der Waals surface area contributed by atoms with Crippen molar-refractivity contribution >= 4 is 17.9 Å². The van der Waals surface area contributed by atoms with Crippen LogP contribution in [0.5, 0.6) is 0 Å². The lowest BCUT2D eigenvalue weighted by Crippen LogP contribution is -2.42. The Kier molecular flexibility index (Phi) is 7.68. The van der Waals surface area contributed by atoms with Crippen LogP contribution in [0.1, 0.15) is 53.5 Å². The molecule has 1 aliphatic rings. The molecule has 0 aliphatic heterocycles. The summed E-state index contributed by atoms with van der Waals surface area (Å²) in [6.07, 6.45) is 4.02. The number of rotatable bonds is 8. The van der Waals surface area contributed by atoms with Gasteiger partial charge in [0.05, 0.1) is 11.7 Å². The topological polar surface area (TPSA) is 141 Å². The summed E-state index contributed by atoms with van der Waals surface area (Å²) in [5.74, 6) is -0.0624. The van der Waals surface area contributed by atoms with E-state index in [0.29, 0.717) is 49.2 Å². The van der Waals surface area contributed by atoms with E-state index in [2.05, 4.69) is 10.3 Å². The van der Waals surface area contributed by atoms with Gasteiger partial charge >= 0.3 is 6.09 Å². The fourth-order valence-corrected chi connectivity index (χ4v) is 4.71. The summed E-state index contributed by atoms with van der Waals surface area (Å²) >= 11 is 0. The Morgan fingerprint density at radius 3 is 2.36 bits per heavy atom. The first-order chi connectivity index (χ1) is 17.3. The van der Waals surface area contributed by atoms with Crippen molar-refractivity contribution in [3.8, 4) is 11.3 Å². The molecular formula is C27H31N5O4. The molecule has 36 heavy (non-hydrogen) atoms. The normalized spacial score (nSPS) is 18.2. The molecule has 1 aliphatic carbocycles. The van der Waals surface area contributed by atoms with E-state index in [-0.39, 0.29) is 23.9 Å². The van der Waals surface area contributed by atoms with Gasteiger partial charge in [-0.15, -0.1) is 0 Å². The van der Waals surface area contributed by atoms with Crippen LogP contribution < -0.4 is 11.1 Å². The lowest BCUT2D eigenvalue weighted by molar-refractivity contribution is -0.127. The minimum Gasteiger partial charge on any atom is -0.465 e. The molecule has 0 spiro atoms. The molecule has 9 nitrogen and oxygen atoms in total. The molecule has 4 rings (SSSR count). The molecule has 0 radical (unpaired) electrons. The van der Waals surface area contributed by atoms with Crippen LogP contribution in [-0.2, 0) is 11.2 Å².